The Morgan fingerprint density at radius 1 is 1.32 bits per heavy atom. The molecule has 1 aliphatic heterocycles. The molecule has 134 valence electrons. The topological polar surface area (TPSA) is 54.5 Å². The molecular weight excluding hydrogens is 354 g/mol. The second-order valence-corrected chi connectivity index (χ2v) is 8.64. The fraction of sp³-hybridized carbons (Fsp3) is 0.556. The van der Waals surface area contributed by atoms with E-state index >= 15 is 0 Å². The number of morpholine rings is 1. The molecule has 0 saturated carbocycles. The number of hydrogen-bond acceptors (Lipinski definition) is 5. The van der Waals surface area contributed by atoms with Crippen LogP contribution in [-0.2, 0) is 17.6 Å². The SMILES string of the molecule is C[C@@H]1CN(C(=O)Nc2nc3c(s2)CCCCC3)C[C@H](c2ccsc2)O1. The van der Waals surface area contributed by atoms with E-state index in [0.717, 1.165) is 23.5 Å². The number of thiophene rings is 1. The number of aromatic nitrogens is 1. The summed E-state index contributed by atoms with van der Waals surface area (Å²) in [7, 11) is 0. The van der Waals surface area contributed by atoms with Gasteiger partial charge in [-0.05, 0) is 55.0 Å². The Balaban J connectivity index is 1.43. The molecule has 3 heterocycles. The van der Waals surface area contributed by atoms with E-state index < -0.39 is 0 Å². The number of nitrogens with zero attached hydrogens (tertiary/aromatic N) is 2. The van der Waals surface area contributed by atoms with E-state index in [4.69, 9.17) is 4.74 Å². The molecule has 0 radical (unpaired) electrons. The second kappa shape index (κ2) is 7.43. The molecule has 0 spiro atoms. The first-order valence-electron chi connectivity index (χ1n) is 8.91. The average molecular weight is 378 g/mol. The number of urea groups is 1. The Labute approximate surface area is 156 Å². The molecule has 2 atom stereocenters. The molecule has 0 bridgehead atoms. The molecule has 7 heteroatoms. The molecule has 2 aliphatic rings. The van der Waals surface area contributed by atoms with Crippen LogP contribution in [0, 0.1) is 0 Å². The van der Waals surface area contributed by atoms with Crippen molar-refractivity contribution in [1.82, 2.24) is 9.88 Å². The Hall–Kier alpha value is -1.44. The highest BCUT2D eigenvalue weighted by Crippen LogP contribution is 2.30. The van der Waals surface area contributed by atoms with E-state index in [1.165, 1.54) is 29.8 Å². The molecular formula is C18H23N3O2S2. The third-order valence-corrected chi connectivity index (χ3v) is 6.55. The lowest BCUT2D eigenvalue weighted by atomic mass is 10.1. The van der Waals surface area contributed by atoms with Gasteiger partial charge in [-0.1, -0.05) is 6.42 Å². The van der Waals surface area contributed by atoms with Gasteiger partial charge in [-0.3, -0.25) is 5.32 Å². The van der Waals surface area contributed by atoms with Crippen molar-refractivity contribution >= 4 is 33.8 Å². The zero-order chi connectivity index (χ0) is 17.2. The van der Waals surface area contributed by atoms with E-state index in [1.54, 1.807) is 22.7 Å². The second-order valence-electron chi connectivity index (χ2n) is 6.78. The van der Waals surface area contributed by atoms with Crippen molar-refractivity contribution < 1.29 is 9.53 Å². The molecule has 0 unspecified atom stereocenters. The maximum atomic E-state index is 12.7. The Morgan fingerprint density at radius 2 is 2.20 bits per heavy atom. The first kappa shape index (κ1) is 17.0. The predicted octanol–water partition coefficient (Wildman–Crippen LogP) is 4.47. The first-order chi connectivity index (χ1) is 12.2. The zero-order valence-corrected chi connectivity index (χ0v) is 16.0. The molecule has 5 nitrogen and oxygen atoms in total. The number of ether oxygens (including phenoxy) is 1. The molecule has 2 amide bonds. The number of rotatable bonds is 2. The number of carbonyl (C=O) groups excluding carboxylic acids is 1. The minimum Gasteiger partial charge on any atom is -0.367 e. The molecule has 1 aliphatic carbocycles. The lowest BCUT2D eigenvalue weighted by molar-refractivity contribution is -0.0640. The highest BCUT2D eigenvalue weighted by Gasteiger charge is 2.30. The van der Waals surface area contributed by atoms with Crippen molar-refractivity contribution in [1.29, 1.82) is 0 Å². The summed E-state index contributed by atoms with van der Waals surface area (Å²) >= 11 is 3.30. The van der Waals surface area contributed by atoms with E-state index in [9.17, 15) is 4.79 Å². The molecule has 1 saturated heterocycles. The molecule has 1 fully saturated rings. The average Bonchev–Trinajstić information content (AvgIpc) is 3.20. The van der Waals surface area contributed by atoms with Crippen LogP contribution < -0.4 is 5.32 Å². The van der Waals surface area contributed by atoms with Crippen molar-refractivity contribution in [3.05, 3.63) is 33.0 Å². The van der Waals surface area contributed by atoms with E-state index in [2.05, 4.69) is 21.7 Å². The minimum absolute atomic E-state index is 0.0254. The Kier molecular flexibility index (Phi) is 5.05. The maximum absolute atomic E-state index is 12.7. The maximum Gasteiger partial charge on any atom is 0.323 e. The number of aryl methyl sites for hydroxylation is 2. The summed E-state index contributed by atoms with van der Waals surface area (Å²) in [5, 5.41) is 7.90. The van der Waals surface area contributed by atoms with Gasteiger partial charge in [0.1, 0.15) is 6.10 Å². The Morgan fingerprint density at radius 3 is 3.04 bits per heavy atom. The molecule has 2 aromatic heterocycles. The molecule has 25 heavy (non-hydrogen) atoms. The zero-order valence-electron chi connectivity index (χ0n) is 14.4. The van der Waals surface area contributed by atoms with Gasteiger partial charge in [0.15, 0.2) is 5.13 Å². The van der Waals surface area contributed by atoms with Gasteiger partial charge < -0.3 is 9.64 Å². The van der Waals surface area contributed by atoms with Gasteiger partial charge in [0.05, 0.1) is 18.3 Å². The summed E-state index contributed by atoms with van der Waals surface area (Å²) in [6.07, 6.45) is 5.82. The van der Waals surface area contributed by atoms with Crippen molar-refractivity contribution in [2.45, 2.75) is 51.2 Å². The van der Waals surface area contributed by atoms with E-state index in [-0.39, 0.29) is 18.2 Å². The summed E-state index contributed by atoms with van der Waals surface area (Å²) in [4.78, 5) is 20.6. The minimum atomic E-state index is -0.0701. The largest absolute Gasteiger partial charge is 0.367 e. The highest BCUT2D eigenvalue weighted by atomic mass is 32.1. The van der Waals surface area contributed by atoms with Crippen molar-refractivity contribution in [2.75, 3.05) is 18.4 Å². The van der Waals surface area contributed by atoms with Crippen LogP contribution in [0.2, 0.25) is 0 Å². The normalized spacial score (nSPS) is 23.8. The van der Waals surface area contributed by atoms with Gasteiger partial charge in [-0.2, -0.15) is 11.3 Å². The van der Waals surface area contributed by atoms with Crippen molar-refractivity contribution in [3.63, 3.8) is 0 Å². The van der Waals surface area contributed by atoms with Crippen LogP contribution in [0.3, 0.4) is 0 Å². The van der Waals surface area contributed by atoms with Gasteiger partial charge in [0.25, 0.3) is 0 Å². The summed E-state index contributed by atoms with van der Waals surface area (Å²) < 4.78 is 6.01. The highest BCUT2D eigenvalue weighted by molar-refractivity contribution is 7.15. The number of amides is 2. The number of fused-ring (bicyclic) bond motifs is 1. The number of anilines is 1. The van der Waals surface area contributed by atoms with Gasteiger partial charge >= 0.3 is 6.03 Å². The van der Waals surface area contributed by atoms with Gasteiger partial charge in [0, 0.05) is 11.4 Å². The number of thiazole rings is 1. The summed E-state index contributed by atoms with van der Waals surface area (Å²) in [6, 6.07) is 2.00. The quantitative estimate of drug-likeness (QED) is 0.786. The Bertz CT molecular complexity index is 705. The van der Waals surface area contributed by atoms with E-state index in [1.807, 2.05) is 17.2 Å². The molecule has 1 N–H and O–H groups in total. The summed E-state index contributed by atoms with van der Waals surface area (Å²) in [6.45, 7) is 3.21. The van der Waals surface area contributed by atoms with Crippen LogP contribution in [0.5, 0.6) is 0 Å². The van der Waals surface area contributed by atoms with Gasteiger partial charge in [-0.25, -0.2) is 9.78 Å². The number of nitrogens with one attached hydrogen (secondary N) is 1. The van der Waals surface area contributed by atoms with Crippen LogP contribution in [0.15, 0.2) is 16.8 Å². The van der Waals surface area contributed by atoms with Crippen LogP contribution >= 0.6 is 22.7 Å². The fourth-order valence-electron chi connectivity index (χ4n) is 3.51. The van der Waals surface area contributed by atoms with E-state index in [0.29, 0.717) is 13.1 Å². The molecule has 0 aromatic carbocycles. The lowest BCUT2D eigenvalue weighted by Crippen LogP contribution is -2.47. The standard InChI is InChI=1S/C18H23N3O2S2/c1-12-9-21(10-15(23-12)13-7-8-24-11-13)18(22)20-17-19-14-5-3-2-4-6-16(14)25-17/h7-8,11-12,15H,2-6,9-10H2,1H3,(H,19,20,22)/t12-,15-/m1/s1. The third kappa shape index (κ3) is 3.88. The fourth-order valence-corrected chi connectivity index (χ4v) is 5.25. The number of hydrogen-bond donors (Lipinski definition) is 1. The van der Waals surface area contributed by atoms with Crippen molar-refractivity contribution in [3.8, 4) is 0 Å². The van der Waals surface area contributed by atoms with Gasteiger partial charge in [-0.15, -0.1) is 11.3 Å². The monoisotopic (exact) mass is 377 g/mol. The molecule has 2 aromatic rings. The van der Waals surface area contributed by atoms with Crippen LogP contribution in [0.4, 0.5) is 9.93 Å². The van der Waals surface area contributed by atoms with Crippen molar-refractivity contribution in [2.24, 2.45) is 0 Å². The van der Waals surface area contributed by atoms with Crippen LogP contribution in [0.1, 0.15) is 48.4 Å². The van der Waals surface area contributed by atoms with Gasteiger partial charge in [0.2, 0.25) is 0 Å². The summed E-state index contributed by atoms with van der Waals surface area (Å²) in [5.74, 6) is 0. The lowest BCUT2D eigenvalue weighted by Gasteiger charge is -2.36. The number of carbonyl (C=O) groups is 1. The van der Waals surface area contributed by atoms with Crippen LogP contribution in [0.25, 0.3) is 0 Å². The first-order valence-corrected chi connectivity index (χ1v) is 10.7. The van der Waals surface area contributed by atoms with Crippen LogP contribution in [-0.4, -0.2) is 35.1 Å². The smallest absolute Gasteiger partial charge is 0.323 e. The summed E-state index contributed by atoms with van der Waals surface area (Å²) in [5.41, 5.74) is 2.33. The predicted molar refractivity (Wildman–Crippen MR) is 102 cm³/mol. The molecule has 4 rings (SSSR count). The third-order valence-electron chi connectivity index (χ3n) is 4.77.